The van der Waals surface area contributed by atoms with Crippen LogP contribution in [0.1, 0.15) is 5.69 Å². The van der Waals surface area contributed by atoms with Gasteiger partial charge in [0.15, 0.2) is 0 Å². The smallest absolute Gasteiger partial charge is 0.368 e. The van der Waals surface area contributed by atoms with Crippen LogP contribution in [0.2, 0.25) is 0 Å². The topological polar surface area (TPSA) is 79.5 Å². The predicted molar refractivity (Wildman–Crippen MR) is 91.5 cm³/mol. The highest BCUT2D eigenvalue weighted by molar-refractivity contribution is 7.89. The van der Waals surface area contributed by atoms with Crippen LogP contribution >= 0.6 is 0 Å². The quantitative estimate of drug-likeness (QED) is 0.874. The first-order valence-electron chi connectivity index (χ1n) is 7.80. The van der Waals surface area contributed by atoms with Crippen LogP contribution in [0.25, 0.3) is 0 Å². The van der Waals surface area contributed by atoms with E-state index < -0.39 is 21.9 Å². The molecular weight excluding hydrogens is 369 g/mol. The number of benzene rings is 1. The Hall–Kier alpha value is -2.33. The second-order valence-electron chi connectivity index (χ2n) is 5.91. The first kappa shape index (κ1) is 18.5. The zero-order valence-electron chi connectivity index (χ0n) is 13.6. The van der Waals surface area contributed by atoms with Crippen LogP contribution < -0.4 is 14.9 Å². The summed E-state index contributed by atoms with van der Waals surface area (Å²) in [7, 11) is -3.72. The number of halogens is 3. The van der Waals surface area contributed by atoms with Gasteiger partial charge in [-0.3, -0.25) is 0 Å². The largest absolute Gasteiger partial charge is 0.433 e. The number of hydrogen-bond donors (Lipinski definition) is 1. The van der Waals surface area contributed by atoms with Crippen LogP contribution in [-0.4, -0.2) is 39.6 Å². The zero-order valence-corrected chi connectivity index (χ0v) is 14.5. The van der Waals surface area contributed by atoms with E-state index in [1.807, 2.05) is 4.90 Å². The number of nitrogens with two attached hydrogens (primary N) is 1. The summed E-state index contributed by atoms with van der Waals surface area (Å²) in [6, 6.07) is 8.69. The lowest BCUT2D eigenvalue weighted by molar-refractivity contribution is -0.141. The van der Waals surface area contributed by atoms with Gasteiger partial charge in [0.25, 0.3) is 0 Å². The van der Waals surface area contributed by atoms with Gasteiger partial charge in [0.1, 0.15) is 5.69 Å². The maximum absolute atomic E-state index is 12.6. The van der Waals surface area contributed by atoms with Gasteiger partial charge in [-0.2, -0.15) is 13.2 Å². The molecule has 3 rings (SSSR count). The zero-order chi connectivity index (χ0) is 18.9. The monoisotopic (exact) mass is 386 g/mol. The van der Waals surface area contributed by atoms with Crippen LogP contribution in [0.3, 0.4) is 0 Å². The van der Waals surface area contributed by atoms with Crippen molar-refractivity contribution in [3.05, 3.63) is 48.3 Å². The van der Waals surface area contributed by atoms with Crippen LogP contribution in [0.15, 0.2) is 47.5 Å². The molecule has 140 valence electrons. The molecule has 1 saturated heterocycles. The lowest BCUT2D eigenvalue weighted by Crippen LogP contribution is -2.46. The summed E-state index contributed by atoms with van der Waals surface area (Å²) >= 11 is 0. The molecule has 2 heterocycles. The Morgan fingerprint density at radius 3 is 1.81 bits per heavy atom. The molecule has 0 atom stereocenters. The molecule has 2 N–H and O–H groups in total. The number of rotatable bonds is 3. The summed E-state index contributed by atoms with van der Waals surface area (Å²) in [6.45, 7) is 2.53. The average molecular weight is 386 g/mol. The molecule has 2 aromatic rings. The van der Waals surface area contributed by atoms with Gasteiger partial charge < -0.3 is 9.80 Å². The molecule has 26 heavy (non-hydrogen) atoms. The van der Waals surface area contributed by atoms with Gasteiger partial charge in [-0.05, 0) is 36.4 Å². The van der Waals surface area contributed by atoms with E-state index in [0.717, 1.165) is 11.8 Å². The van der Waals surface area contributed by atoms with E-state index in [0.29, 0.717) is 31.9 Å². The number of anilines is 2. The van der Waals surface area contributed by atoms with Gasteiger partial charge in [-0.1, -0.05) is 0 Å². The fourth-order valence-electron chi connectivity index (χ4n) is 2.81. The number of alkyl halides is 3. The van der Waals surface area contributed by atoms with E-state index >= 15 is 0 Å². The first-order chi connectivity index (χ1) is 12.1. The molecule has 0 amide bonds. The summed E-state index contributed by atoms with van der Waals surface area (Å²) in [6.07, 6.45) is -3.21. The van der Waals surface area contributed by atoms with E-state index in [9.17, 15) is 21.6 Å². The molecule has 1 fully saturated rings. The van der Waals surface area contributed by atoms with Crippen molar-refractivity contribution >= 4 is 21.4 Å². The van der Waals surface area contributed by atoms with Gasteiger partial charge in [0.2, 0.25) is 10.0 Å². The molecule has 1 aromatic heterocycles. The maximum Gasteiger partial charge on any atom is 0.433 e. The van der Waals surface area contributed by atoms with E-state index in [4.69, 9.17) is 5.14 Å². The lowest BCUT2D eigenvalue weighted by atomic mass is 10.2. The highest BCUT2D eigenvalue weighted by Gasteiger charge is 2.32. The van der Waals surface area contributed by atoms with Crippen molar-refractivity contribution in [2.45, 2.75) is 11.1 Å². The third-order valence-corrected chi connectivity index (χ3v) is 5.14. The minimum absolute atomic E-state index is 0.0516. The molecule has 0 bridgehead atoms. The number of primary sulfonamides is 1. The van der Waals surface area contributed by atoms with Crippen LogP contribution in [0.4, 0.5) is 24.5 Å². The highest BCUT2D eigenvalue weighted by atomic mass is 32.2. The number of piperazine rings is 1. The Morgan fingerprint density at radius 2 is 1.38 bits per heavy atom. The minimum atomic E-state index is -4.44. The van der Waals surface area contributed by atoms with Crippen molar-refractivity contribution in [3.63, 3.8) is 0 Å². The van der Waals surface area contributed by atoms with E-state index in [1.54, 1.807) is 12.1 Å². The average Bonchev–Trinajstić information content (AvgIpc) is 2.61. The molecule has 1 aliphatic rings. The second-order valence-corrected chi connectivity index (χ2v) is 7.47. The Bertz CT molecular complexity index is 860. The fourth-order valence-corrected chi connectivity index (χ4v) is 3.33. The minimum Gasteiger partial charge on any atom is -0.368 e. The number of nitrogens with zero attached hydrogens (tertiary/aromatic N) is 3. The summed E-state index contributed by atoms with van der Waals surface area (Å²) in [5.74, 6) is 0. The van der Waals surface area contributed by atoms with E-state index in [2.05, 4.69) is 9.88 Å². The number of hydrogen-bond acceptors (Lipinski definition) is 5. The molecule has 1 aliphatic heterocycles. The fraction of sp³-hybridized carbons (Fsp3) is 0.312. The van der Waals surface area contributed by atoms with Crippen molar-refractivity contribution in [1.29, 1.82) is 0 Å². The van der Waals surface area contributed by atoms with Crippen molar-refractivity contribution in [2.75, 3.05) is 36.0 Å². The van der Waals surface area contributed by atoms with E-state index in [1.165, 1.54) is 24.4 Å². The third kappa shape index (κ3) is 4.07. The van der Waals surface area contributed by atoms with Gasteiger partial charge in [0.05, 0.1) is 16.8 Å². The standard InChI is InChI=1S/C16H17F3N4O2S/c17-16(18,19)15-6-3-13(11-21-15)23-9-7-22(8-10-23)12-1-4-14(5-2-12)26(20,24)25/h1-6,11H,7-10H2,(H2,20,24,25). The van der Waals surface area contributed by atoms with E-state index in [-0.39, 0.29) is 4.90 Å². The molecule has 10 heteroatoms. The molecular formula is C16H17F3N4O2S. The molecule has 0 spiro atoms. The summed E-state index contributed by atoms with van der Waals surface area (Å²) in [5, 5.41) is 5.08. The lowest BCUT2D eigenvalue weighted by Gasteiger charge is -2.37. The van der Waals surface area contributed by atoms with Gasteiger partial charge in [0, 0.05) is 31.9 Å². The number of pyridine rings is 1. The van der Waals surface area contributed by atoms with Crippen molar-refractivity contribution < 1.29 is 21.6 Å². The second kappa shape index (κ2) is 6.76. The molecule has 0 radical (unpaired) electrons. The van der Waals surface area contributed by atoms with Crippen molar-refractivity contribution in [3.8, 4) is 0 Å². The van der Waals surface area contributed by atoms with Crippen molar-refractivity contribution in [2.24, 2.45) is 5.14 Å². The van der Waals surface area contributed by atoms with Gasteiger partial charge in [-0.15, -0.1) is 0 Å². The SMILES string of the molecule is NS(=O)(=O)c1ccc(N2CCN(c3ccc(C(F)(F)F)nc3)CC2)cc1. The summed E-state index contributed by atoms with van der Waals surface area (Å²) in [5.41, 5.74) is 0.597. The third-order valence-electron chi connectivity index (χ3n) is 4.21. The first-order valence-corrected chi connectivity index (χ1v) is 9.35. The molecule has 6 nitrogen and oxygen atoms in total. The van der Waals surface area contributed by atoms with Gasteiger partial charge in [-0.25, -0.2) is 18.5 Å². The molecule has 0 unspecified atom stereocenters. The number of aromatic nitrogens is 1. The number of sulfonamides is 1. The summed E-state index contributed by atoms with van der Waals surface area (Å²) < 4.78 is 60.3. The normalized spacial score (nSPS) is 16.0. The van der Waals surface area contributed by atoms with Crippen LogP contribution in [-0.2, 0) is 16.2 Å². The molecule has 1 aromatic carbocycles. The highest BCUT2D eigenvalue weighted by Crippen LogP contribution is 2.29. The van der Waals surface area contributed by atoms with Crippen LogP contribution in [0, 0.1) is 0 Å². The Balaban J connectivity index is 1.64. The Kier molecular flexibility index (Phi) is 4.80. The predicted octanol–water partition coefficient (Wildman–Crippen LogP) is 2.07. The van der Waals surface area contributed by atoms with Crippen LogP contribution in [0.5, 0.6) is 0 Å². The van der Waals surface area contributed by atoms with Crippen molar-refractivity contribution in [1.82, 2.24) is 4.98 Å². The Labute approximate surface area is 149 Å². The van der Waals surface area contributed by atoms with Gasteiger partial charge >= 0.3 is 6.18 Å². The summed E-state index contributed by atoms with van der Waals surface area (Å²) in [4.78, 5) is 7.57. The Morgan fingerprint density at radius 1 is 0.885 bits per heavy atom. The molecule has 0 saturated carbocycles. The molecule has 0 aliphatic carbocycles. The maximum atomic E-state index is 12.6.